The van der Waals surface area contributed by atoms with Crippen molar-refractivity contribution in [3.63, 3.8) is 0 Å². The third-order valence-corrected chi connectivity index (χ3v) is 11.8. The molecule has 0 atom stereocenters. The molecule has 0 amide bonds. The van der Waals surface area contributed by atoms with Crippen molar-refractivity contribution in [2.75, 3.05) is 0 Å². The van der Waals surface area contributed by atoms with E-state index in [9.17, 15) is 0 Å². The van der Waals surface area contributed by atoms with Crippen molar-refractivity contribution >= 4 is 40.0 Å². The van der Waals surface area contributed by atoms with Crippen molar-refractivity contribution in [2.45, 2.75) is 39.8 Å². The van der Waals surface area contributed by atoms with Gasteiger partial charge in [-0.3, -0.25) is 0 Å². The minimum absolute atomic E-state index is 0. The van der Waals surface area contributed by atoms with Gasteiger partial charge in [-0.05, 0) is 24.0 Å². The molecular weight excluding hydrogens is 535 g/mol. The summed E-state index contributed by atoms with van der Waals surface area (Å²) in [6.45, 7) is 9.84. The second kappa shape index (κ2) is 12.6. The first kappa shape index (κ1) is 31.4. The molecule has 2 heteroatoms. The number of hydrogen-bond acceptors (Lipinski definition) is 0. The van der Waals surface area contributed by atoms with E-state index in [4.69, 9.17) is 0 Å². The van der Waals surface area contributed by atoms with Gasteiger partial charge in [0, 0.05) is 8.07 Å². The minimum atomic E-state index is -2.14. The summed E-state index contributed by atoms with van der Waals surface area (Å²) in [5, 5.41) is 8.94. The van der Waals surface area contributed by atoms with Crippen molar-refractivity contribution in [2.24, 2.45) is 0 Å². The molecule has 0 aromatic heterocycles. The first-order valence-corrected chi connectivity index (χ1v) is 16.6. The number of rotatable bonds is 6. The van der Waals surface area contributed by atoms with Crippen LogP contribution < -0.4 is 10.4 Å². The molecule has 1 radical (unpaired) electrons. The quantitative estimate of drug-likeness (QED) is 0.137. The van der Waals surface area contributed by atoms with Gasteiger partial charge in [0.25, 0.3) is 0 Å². The maximum Gasteiger partial charge on any atom is 4.00 e. The summed E-state index contributed by atoms with van der Waals surface area (Å²) in [7, 11) is -2.14. The molecule has 0 aliphatic carbocycles. The average molecular weight is 576 g/mol. The SMILES string of the molecule is CCc1[cH-]c2cccc(-c3ccccc3)c2c1[Si](C)(C)c1c(CC)[cH-]c2cccc(-c3ccccc3)c12.[CH3-].[CH3-].[V+4]. The second-order valence-electron chi connectivity index (χ2n) is 10.7. The van der Waals surface area contributed by atoms with E-state index < -0.39 is 8.07 Å². The van der Waals surface area contributed by atoms with Crippen molar-refractivity contribution in [3.05, 3.63) is 135 Å². The van der Waals surface area contributed by atoms with Crippen LogP contribution in [0.3, 0.4) is 0 Å². The predicted octanol–water partition coefficient (Wildman–Crippen LogP) is 9.61. The molecule has 0 aliphatic rings. The van der Waals surface area contributed by atoms with Gasteiger partial charge in [0.2, 0.25) is 0 Å². The third kappa shape index (κ3) is 5.08. The Bertz CT molecular complexity index is 1570. The Morgan fingerprint density at radius 3 is 1.25 bits per heavy atom. The fourth-order valence-corrected chi connectivity index (χ4v) is 10.8. The van der Waals surface area contributed by atoms with Gasteiger partial charge in [0.05, 0.1) is 0 Å². The summed E-state index contributed by atoms with van der Waals surface area (Å²) < 4.78 is 0. The van der Waals surface area contributed by atoms with Crippen LogP contribution in [0.1, 0.15) is 25.0 Å². The summed E-state index contributed by atoms with van der Waals surface area (Å²) >= 11 is 0. The third-order valence-electron chi connectivity index (χ3n) is 8.18. The van der Waals surface area contributed by atoms with Crippen LogP contribution in [0.4, 0.5) is 0 Å². The van der Waals surface area contributed by atoms with Gasteiger partial charge in [-0.15, -0.1) is 69.1 Å². The smallest absolute Gasteiger partial charge is 0.358 e. The fourth-order valence-electron chi connectivity index (χ4n) is 6.61. The summed E-state index contributed by atoms with van der Waals surface area (Å²) in [5.74, 6) is 0. The molecule has 6 rings (SSSR count). The Morgan fingerprint density at radius 2 is 0.900 bits per heavy atom. The van der Waals surface area contributed by atoms with Crippen LogP contribution in [-0.4, -0.2) is 8.07 Å². The number of fused-ring (bicyclic) bond motifs is 2. The normalized spacial score (nSPS) is 11.1. The molecule has 0 N–H and O–H groups in total. The van der Waals surface area contributed by atoms with Crippen LogP contribution in [0.15, 0.2) is 109 Å². The van der Waals surface area contributed by atoms with Crippen molar-refractivity contribution < 1.29 is 18.6 Å². The Hall–Kier alpha value is -3.10. The van der Waals surface area contributed by atoms with E-state index in [-0.39, 0.29) is 33.4 Å². The summed E-state index contributed by atoms with van der Waals surface area (Å²) in [6.07, 6.45) is 2.11. The maximum atomic E-state index is 2.60. The summed E-state index contributed by atoms with van der Waals surface area (Å²) in [4.78, 5) is 0. The van der Waals surface area contributed by atoms with Crippen LogP contribution in [0.2, 0.25) is 13.1 Å². The zero-order valence-corrected chi connectivity index (χ0v) is 27.2. The summed E-state index contributed by atoms with van der Waals surface area (Å²) in [5.41, 5.74) is 8.38. The Morgan fingerprint density at radius 1 is 0.525 bits per heavy atom. The van der Waals surface area contributed by atoms with Crippen LogP contribution in [0, 0.1) is 14.9 Å². The molecule has 0 unspecified atom stereocenters. The second-order valence-corrected chi connectivity index (χ2v) is 14.9. The molecule has 0 aliphatic heterocycles. The van der Waals surface area contributed by atoms with Gasteiger partial charge in [0.15, 0.2) is 0 Å². The first-order valence-electron chi connectivity index (χ1n) is 13.6. The zero-order chi connectivity index (χ0) is 25.6. The van der Waals surface area contributed by atoms with E-state index >= 15 is 0 Å². The van der Waals surface area contributed by atoms with E-state index in [0.29, 0.717) is 0 Å². The molecule has 40 heavy (non-hydrogen) atoms. The van der Waals surface area contributed by atoms with Crippen molar-refractivity contribution in [3.8, 4) is 22.3 Å². The van der Waals surface area contributed by atoms with Gasteiger partial charge in [-0.1, -0.05) is 111 Å². The zero-order valence-electron chi connectivity index (χ0n) is 24.8. The van der Waals surface area contributed by atoms with Crippen LogP contribution in [-0.2, 0) is 31.4 Å². The van der Waals surface area contributed by atoms with E-state index in [0.717, 1.165) is 12.8 Å². The van der Waals surface area contributed by atoms with Crippen LogP contribution in [0.25, 0.3) is 43.8 Å². The molecule has 0 heterocycles. The van der Waals surface area contributed by atoms with Gasteiger partial charge in [-0.2, -0.15) is 10.4 Å². The molecule has 201 valence electrons. The van der Waals surface area contributed by atoms with E-state index in [2.05, 4.69) is 136 Å². The Balaban J connectivity index is 0.00000147. The van der Waals surface area contributed by atoms with Crippen molar-refractivity contribution in [1.29, 1.82) is 0 Å². The monoisotopic (exact) mass is 575 g/mol. The summed E-state index contributed by atoms with van der Waals surface area (Å²) in [6, 6.07) is 40.6. The molecule has 0 nitrogen and oxygen atoms in total. The van der Waals surface area contributed by atoms with E-state index in [1.165, 1.54) is 54.9 Å². The number of hydrogen-bond donors (Lipinski definition) is 0. The van der Waals surface area contributed by atoms with Crippen LogP contribution in [0.5, 0.6) is 0 Å². The molecule has 0 fully saturated rings. The molecule has 0 saturated carbocycles. The Kier molecular flexibility index (Phi) is 9.90. The molecular formula is C38H40SiV. The Labute approximate surface area is 254 Å². The molecule has 6 aromatic carbocycles. The fraction of sp³-hybridized carbons (Fsp3) is 0.158. The molecule has 0 spiro atoms. The minimum Gasteiger partial charge on any atom is -0.358 e. The van der Waals surface area contributed by atoms with E-state index in [1.54, 1.807) is 10.4 Å². The number of aryl methyl sites for hydroxylation is 2. The van der Waals surface area contributed by atoms with Gasteiger partial charge in [-0.25, -0.2) is 0 Å². The largest absolute Gasteiger partial charge is 4.00 e. The van der Waals surface area contributed by atoms with Gasteiger partial charge < -0.3 is 14.9 Å². The van der Waals surface area contributed by atoms with Gasteiger partial charge >= 0.3 is 18.6 Å². The number of benzene rings is 4. The predicted molar refractivity (Wildman–Crippen MR) is 178 cm³/mol. The first-order chi connectivity index (χ1) is 18.0. The molecule has 0 saturated heterocycles. The maximum absolute atomic E-state index is 2.60. The topological polar surface area (TPSA) is 0 Å². The average Bonchev–Trinajstić information content (AvgIpc) is 3.53. The molecule has 6 aromatic rings. The standard InChI is InChI=1S/C36H34Si.2CH3.V/c1-5-25-23-29-19-13-21-31(27-15-9-7-10-16-27)33(29)35(25)37(3,4)36-26(6-2)24-30-20-14-22-32(34(30)36)28-17-11-8-12-18-28;;;/h7-24H,5-6H2,1-4H3;2*1H3;/q-2;2*-1;+4. The van der Waals surface area contributed by atoms with E-state index in [1.807, 2.05) is 0 Å². The van der Waals surface area contributed by atoms with Crippen LogP contribution >= 0.6 is 0 Å². The molecule has 0 bridgehead atoms. The van der Waals surface area contributed by atoms with Crippen molar-refractivity contribution in [1.82, 2.24) is 0 Å². The van der Waals surface area contributed by atoms with Gasteiger partial charge in [0.1, 0.15) is 0 Å².